The number of nitrogens with zero attached hydrogens (tertiary/aromatic N) is 3. The maximum absolute atomic E-state index is 11.9. The summed E-state index contributed by atoms with van der Waals surface area (Å²) in [4.78, 5) is 23.0. The summed E-state index contributed by atoms with van der Waals surface area (Å²) in [6, 6.07) is 8.08. The van der Waals surface area contributed by atoms with Crippen LogP contribution in [0.1, 0.15) is 27.9 Å². The van der Waals surface area contributed by atoms with E-state index in [-0.39, 0.29) is 7.33 Å². The van der Waals surface area contributed by atoms with Crippen LogP contribution in [0, 0.1) is 5.92 Å². The normalized spacial score (nSPS) is 10.8. The second-order valence-electron chi connectivity index (χ2n) is 5.98. The van der Waals surface area contributed by atoms with E-state index in [2.05, 4.69) is 34.8 Å². The minimum absolute atomic E-state index is 0. The van der Waals surface area contributed by atoms with Crippen LogP contribution in [-0.2, 0) is 11.3 Å². The summed E-state index contributed by atoms with van der Waals surface area (Å²) in [6.07, 6.45) is 3.50. The van der Waals surface area contributed by atoms with Crippen molar-refractivity contribution in [1.82, 2.24) is 9.97 Å². The van der Waals surface area contributed by atoms with Gasteiger partial charge >= 0.3 is 0 Å². The van der Waals surface area contributed by atoms with Gasteiger partial charge in [0.2, 0.25) is 5.91 Å². The minimum atomic E-state index is 0. The molecule has 22 heavy (non-hydrogen) atoms. The predicted octanol–water partition coefficient (Wildman–Crippen LogP) is 3.30. The molecule has 1 amide bonds. The Bertz CT molecular complexity index is 613. The van der Waals surface area contributed by atoms with Crippen LogP contribution in [0.25, 0.3) is 0 Å². The summed E-state index contributed by atoms with van der Waals surface area (Å²) in [5.74, 6) is 0.498. The first-order valence-electron chi connectivity index (χ1n) is 7.54. The van der Waals surface area contributed by atoms with Crippen LogP contribution < -0.4 is 9.80 Å². The molecule has 2 aromatic rings. The van der Waals surface area contributed by atoms with Crippen molar-refractivity contribution in [3.05, 3.63) is 42.5 Å². The fourth-order valence-corrected chi connectivity index (χ4v) is 2.40. The summed E-state index contributed by atoms with van der Waals surface area (Å²) in [7, 11) is 2.03. The highest BCUT2D eigenvalue weighted by Gasteiger charge is 2.14. The summed E-state index contributed by atoms with van der Waals surface area (Å²) < 4.78 is 0. The molecule has 1 aromatic carbocycles. The van der Waals surface area contributed by atoms with Gasteiger partial charge in [-0.3, -0.25) is 4.79 Å². The van der Waals surface area contributed by atoms with E-state index >= 15 is 0 Å². The number of carbonyl (C=O) groups excluding carboxylic acids is 1. The molecule has 0 aliphatic heterocycles. The Kier molecular flexibility index (Phi) is 5.20. The Hall–Kier alpha value is -2.30. The van der Waals surface area contributed by atoms with Crippen molar-refractivity contribution in [1.29, 1.82) is 0 Å². The molecule has 0 fully saturated rings. The number of aromatic amines is 1. The molecule has 0 spiro atoms. The first-order chi connectivity index (χ1) is 10.5. The zero-order chi connectivity index (χ0) is 16.1. The molecule has 120 valence electrons. The molecule has 0 aliphatic carbocycles. The lowest BCUT2D eigenvalue weighted by atomic mass is 10.1. The SMILES string of the molecule is CC(=O)N(CC(C)C)c1cccc(N(C)Cc2cnc[nH]2)c1.[HH]. The minimum Gasteiger partial charge on any atom is -0.369 e. The molecule has 0 unspecified atom stereocenters. The molecule has 1 heterocycles. The number of hydrogen-bond donors (Lipinski definition) is 1. The number of H-pyrrole nitrogens is 1. The molecular formula is C17H26N4O. The number of amides is 1. The van der Waals surface area contributed by atoms with Crippen molar-refractivity contribution < 1.29 is 6.22 Å². The highest BCUT2D eigenvalue weighted by Crippen LogP contribution is 2.23. The monoisotopic (exact) mass is 302 g/mol. The van der Waals surface area contributed by atoms with Gasteiger partial charge in [-0.1, -0.05) is 19.9 Å². The highest BCUT2D eigenvalue weighted by molar-refractivity contribution is 5.92. The van der Waals surface area contributed by atoms with Gasteiger partial charge in [0.1, 0.15) is 0 Å². The predicted molar refractivity (Wildman–Crippen MR) is 92.1 cm³/mol. The Balaban J connectivity index is 0.00000264. The zero-order valence-corrected chi connectivity index (χ0v) is 13.7. The number of aromatic nitrogens is 2. The molecule has 0 saturated carbocycles. The smallest absolute Gasteiger partial charge is 0.223 e. The van der Waals surface area contributed by atoms with Gasteiger partial charge in [-0.05, 0) is 24.1 Å². The third-order valence-corrected chi connectivity index (χ3v) is 3.47. The van der Waals surface area contributed by atoms with Gasteiger partial charge in [-0.2, -0.15) is 0 Å². The van der Waals surface area contributed by atoms with E-state index in [0.717, 1.165) is 30.2 Å². The van der Waals surface area contributed by atoms with Crippen LogP contribution in [0.5, 0.6) is 0 Å². The van der Waals surface area contributed by atoms with Crippen molar-refractivity contribution in [3.8, 4) is 0 Å². The van der Waals surface area contributed by atoms with Gasteiger partial charge in [0.15, 0.2) is 0 Å². The second-order valence-corrected chi connectivity index (χ2v) is 5.98. The first-order valence-corrected chi connectivity index (χ1v) is 7.54. The van der Waals surface area contributed by atoms with Gasteiger partial charge in [-0.25, -0.2) is 4.98 Å². The largest absolute Gasteiger partial charge is 0.369 e. The molecule has 0 bridgehead atoms. The number of carbonyl (C=O) groups is 1. The van der Waals surface area contributed by atoms with Crippen LogP contribution in [0.3, 0.4) is 0 Å². The van der Waals surface area contributed by atoms with E-state index in [0.29, 0.717) is 5.92 Å². The average Bonchev–Trinajstić information content (AvgIpc) is 2.97. The fourth-order valence-electron chi connectivity index (χ4n) is 2.40. The number of anilines is 2. The van der Waals surface area contributed by atoms with E-state index in [9.17, 15) is 4.79 Å². The van der Waals surface area contributed by atoms with E-state index in [1.54, 1.807) is 13.3 Å². The van der Waals surface area contributed by atoms with E-state index < -0.39 is 0 Å². The molecule has 0 saturated heterocycles. The number of nitrogens with one attached hydrogen (secondary N) is 1. The van der Waals surface area contributed by atoms with E-state index in [1.165, 1.54) is 0 Å². The summed E-state index contributed by atoms with van der Waals surface area (Å²) in [6.45, 7) is 7.31. The highest BCUT2D eigenvalue weighted by atomic mass is 16.2. The van der Waals surface area contributed by atoms with Gasteiger partial charge in [0.05, 0.1) is 18.6 Å². The number of rotatable bonds is 6. The molecule has 5 heteroatoms. The second kappa shape index (κ2) is 7.11. The van der Waals surface area contributed by atoms with Crippen molar-refractivity contribution in [3.63, 3.8) is 0 Å². The van der Waals surface area contributed by atoms with E-state index in [4.69, 9.17) is 0 Å². The van der Waals surface area contributed by atoms with Crippen molar-refractivity contribution in [2.75, 3.05) is 23.4 Å². The maximum atomic E-state index is 11.9. The van der Waals surface area contributed by atoms with Crippen LogP contribution in [-0.4, -0.2) is 29.5 Å². The Morgan fingerprint density at radius 2 is 2.09 bits per heavy atom. The third-order valence-electron chi connectivity index (χ3n) is 3.47. The quantitative estimate of drug-likeness (QED) is 0.890. The van der Waals surface area contributed by atoms with Crippen LogP contribution in [0.15, 0.2) is 36.8 Å². The molecule has 0 aliphatic rings. The summed E-state index contributed by atoms with van der Waals surface area (Å²) in [5.41, 5.74) is 3.07. The van der Waals surface area contributed by atoms with Gasteiger partial charge in [0, 0.05) is 39.5 Å². The number of benzene rings is 1. The molecule has 5 nitrogen and oxygen atoms in total. The van der Waals surface area contributed by atoms with Gasteiger partial charge in [0.25, 0.3) is 0 Å². The van der Waals surface area contributed by atoms with Gasteiger partial charge < -0.3 is 14.8 Å². The lowest BCUT2D eigenvalue weighted by Crippen LogP contribution is -2.32. The van der Waals surface area contributed by atoms with Crippen LogP contribution in [0.4, 0.5) is 11.4 Å². The average molecular weight is 302 g/mol. The van der Waals surface area contributed by atoms with Crippen molar-refractivity contribution in [2.45, 2.75) is 27.3 Å². The molecule has 0 atom stereocenters. The van der Waals surface area contributed by atoms with E-state index in [1.807, 2.05) is 36.3 Å². The fraction of sp³-hybridized carbons (Fsp3) is 0.412. The molecule has 1 N–H and O–H groups in total. The summed E-state index contributed by atoms with van der Waals surface area (Å²) >= 11 is 0. The molecule has 1 aromatic heterocycles. The standard InChI is InChI=1S/C17H24N4O.H2/c1-13(2)10-21(14(3)22)17-7-5-6-16(8-17)20(4)11-15-9-18-12-19-15;/h5-9,12-13H,10-11H2,1-4H3,(H,18,19);1H. The summed E-state index contributed by atoms with van der Waals surface area (Å²) in [5, 5.41) is 0. The first kappa shape index (κ1) is 16.1. The van der Waals surface area contributed by atoms with Crippen molar-refractivity contribution in [2.24, 2.45) is 5.92 Å². The Morgan fingerprint density at radius 3 is 2.68 bits per heavy atom. The maximum Gasteiger partial charge on any atom is 0.223 e. The Labute approximate surface area is 133 Å². The topological polar surface area (TPSA) is 52.2 Å². The van der Waals surface area contributed by atoms with Crippen molar-refractivity contribution >= 4 is 17.3 Å². The lowest BCUT2D eigenvalue weighted by Gasteiger charge is -2.25. The zero-order valence-electron chi connectivity index (χ0n) is 13.7. The third kappa shape index (κ3) is 4.10. The molecular weight excluding hydrogens is 276 g/mol. The van der Waals surface area contributed by atoms with Crippen LogP contribution >= 0.6 is 0 Å². The number of hydrogen-bond acceptors (Lipinski definition) is 3. The molecule has 2 rings (SSSR count). The Morgan fingerprint density at radius 1 is 1.36 bits per heavy atom. The lowest BCUT2D eigenvalue weighted by molar-refractivity contribution is -0.116. The van der Waals surface area contributed by atoms with Gasteiger partial charge in [-0.15, -0.1) is 0 Å². The number of imidazole rings is 1. The molecule has 0 radical (unpaired) electrons. The van der Waals surface area contributed by atoms with Crippen LogP contribution in [0.2, 0.25) is 0 Å².